The van der Waals surface area contributed by atoms with Crippen molar-refractivity contribution < 1.29 is 13.2 Å². The fourth-order valence-corrected chi connectivity index (χ4v) is 5.58. The van der Waals surface area contributed by atoms with Crippen molar-refractivity contribution in [3.63, 3.8) is 0 Å². The minimum Gasteiger partial charge on any atom is -0.354 e. The average molecular weight is 408 g/mol. The number of nitrogens with zero attached hydrogens (tertiary/aromatic N) is 1. The van der Waals surface area contributed by atoms with Crippen LogP contribution in [0.4, 0.5) is 0 Å². The zero-order chi connectivity index (χ0) is 20.0. The van der Waals surface area contributed by atoms with Crippen LogP contribution >= 0.6 is 0 Å². The Morgan fingerprint density at radius 1 is 1.07 bits per heavy atom. The zero-order valence-corrected chi connectivity index (χ0v) is 17.6. The number of benzene rings is 1. The van der Waals surface area contributed by atoms with Crippen molar-refractivity contribution in [2.45, 2.75) is 56.4 Å². The van der Waals surface area contributed by atoms with Gasteiger partial charge in [0, 0.05) is 25.0 Å². The average Bonchev–Trinajstić information content (AvgIpc) is 3.19. The maximum absolute atomic E-state index is 12.5. The molecule has 0 spiro atoms. The highest BCUT2D eigenvalue weighted by Crippen LogP contribution is 2.29. The van der Waals surface area contributed by atoms with Crippen molar-refractivity contribution in [2.75, 3.05) is 26.2 Å². The molecule has 1 aliphatic carbocycles. The van der Waals surface area contributed by atoms with E-state index in [2.05, 4.69) is 21.9 Å². The van der Waals surface area contributed by atoms with Crippen molar-refractivity contribution in [3.8, 4) is 0 Å². The molecule has 156 valence electrons. The molecule has 1 amide bonds. The number of likely N-dealkylation sites (tertiary alicyclic amines) is 1. The van der Waals surface area contributed by atoms with Crippen LogP contribution in [0.25, 0.3) is 0 Å². The molecule has 2 N–H and O–H groups in total. The van der Waals surface area contributed by atoms with Gasteiger partial charge in [-0.2, -0.15) is 0 Å². The molecule has 2 fully saturated rings. The van der Waals surface area contributed by atoms with Gasteiger partial charge in [-0.15, -0.1) is 0 Å². The lowest BCUT2D eigenvalue weighted by Gasteiger charge is -2.29. The van der Waals surface area contributed by atoms with Crippen molar-refractivity contribution in [3.05, 3.63) is 30.3 Å². The first-order chi connectivity index (χ1) is 13.5. The third-order valence-corrected chi connectivity index (χ3v) is 7.69. The molecule has 1 saturated heterocycles. The number of sulfonamides is 1. The SMILES string of the molecule is CCN1CCCC1CNC(=O)C1CCC(CNS(=O)(=O)c2ccccc2)CC1. The fourth-order valence-electron chi connectivity index (χ4n) is 4.44. The number of nitrogens with one attached hydrogen (secondary N) is 2. The van der Waals surface area contributed by atoms with Crippen LogP contribution in [0.3, 0.4) is 0 Å². The predicted octanol–water partition coefficient (Wildman–Crippen LogP) is 2.37. The molecule has 3 rings (SSSR count). The second kappa shape index (κ2) is 9.85. The molecule has 6 nitrogen and oxygen atoms in total. The van der Waals surface area contributed by atoms with E-state index in [0.717, 1.165) is 45.3 Å². The highest BCUT2D eigenvalue weighted by molar-refractivity contribution is 7.89. The van der Waals surface area contributed by atoms with Crippen LogP contribution in [0.1, 0.15) is 45.4 Å². The van der Waals surface area contributed by atoms with Crippen LogP contribution in [0.5, 0.6) is 0 Å². The summed E-state index contributed by atoms with van der Waals surface area (Å²) in [6.07, 6.45) is 5.85. The first-order valence-corrected chi connectivity index (χ1v) is 12.0. The molecule has 1 aliphatic heterocycles. The lowest BCUT2D eigenvalue weighted by molar-refractivity contribution is -0.126. The molecule has 28 heavy (non-hydrogen) atoms. The molecule has 7 heteroatoms. The Bertz CT molecular complexity index is 731. The van der Waals surface area contributed by atoms with Gasteiger partial charge >= 0.3 is 0 Å². The van der Waals surface area contributed by atoms with Crippen molar-refractivity contribution in [2.24, 2.45) is 11.8 Å². The lowest BCUT2D eigenvalue weighted by Crippen LogP contribution is -2.43. The van der Waals surface area contributed by atoms with Gasteiger partial charge < -0.3 is 5.32 Å². The van der Waals surface area contributed by atoms with Crippen molar-refractivity contribution >= 4 is 15.9 Å². The Kier molecular flexibility index (Phi) is 7.48. The van der Waals surface area contributed by atoms with Gasteiger partial charge in [-0.05, 0) is 69.7 Å². The minimum absolute atomic E-state index is 0.0680. The highest BCUT2D eigenvalue weighted by Gasteiger charge is 2.29. The van der Waals surface area contributed by atoms with Gasteiger partial charge in [0.25, 0.3) is 0 Å². The quantitative estimate of drug-likeness (QED) is 0.693. The molecule has 1 saturated carbocycles. The van der Waals surface area contributed by atoms with Crippen LogP contribution in [-0.2, 0) is 14.8 Å². The molecule has 2 aliphatic rings. The van der Waals surface area contributed by atoms with Gasteiger partial charge in [-0.1, -0.05) is 25.1 Å². The summed E-state index contributed by atoms with van der Waals surface area (Å²) in [6, 6.07) is 8.95. The molecule has 1 aromatic rings. The molecule has 0 bridgehead atoms. The lowest BCUT2D eigenvalue weighted by atomic mass is 9.81. The monoisotopic (exact) mass is 407 g/mol. The number of hydrogen-bond donors (Lipinski definition) is 2. The summed E-state index contributed by atoms with van der Waals surface area (Å²) in [6.45, 7) is 5.56. The third-order valence-electron chi connectivity index (χ3n) is 6.25. The van der Waals surface area contributed by atoms with Gasteiger partial charge in [-0.3, -0.25) is 9.69 Å². The molecule has 1 heterocycles. The topological polar surface area (TPSA) is 78.5 Å². The number of likely N-dealkylation sites (N-methyl/N-ethyl adjacent to an activating group) is 1. The molecule has 1 atom stereocenters. The first kappa shape index (κ1) is 21.3. The highest BCUT2D eigenvalue weighted by atomic mass is 32.2. The number of rotatable bonds is 8. The Labute approximate surface area is 169 Å². The molecule has 0 aromatic heterocycles. The van der Waals surface area contributed by atoms with E-state index < -0.39 is 10.0 Å². The Balaban J connectivity index is 1.39. The van der Waals surface area contributed by atoms with E-state index in [0.29, 0.717) is 23.4 Å². The van der Waals surface area contributed by atoms with Crippen LogP contribution in [0, 0.1) is 11.8 Å². The number of amides is 1. The third kappa shape index (κ3) is 5.55. The van der Waals surface area contributed by atoms with Crippen molar-refractivity contribution in [1.82, 2.24) is 14.9 Å². The van der Waals surface area contributed by atoms with Crippen LogP contribution in [0.2, 0.25) is 0 Å². The van der Waals surface area contributed by atoms with E-state index in [9.17, 15) is 13.2 Å². The molecule has 1 aromatic carbocycles. The fraction of sp³-hybridized carbons (Fsp3) is 0.667. The molecule has 1 unspecified atom stereocenters. The Morgan fingerprint density at radius 3 is 2.46 bits per heavy atom. The Hall–Kier alpha value is -1.44. The minimum atomic E-state index is -3.45. The standard InChI is InChI=1S/C21H33N3O3S/c1-2-24-14-6-7-19(24)16-22-21(25)18-12-10-17(11-13-18)15-23-28(26,27)20-8-4-3-5-9-20/h3-5,8-9,17-19,23H,2,6-7,10-16H2,1H3,(H,22,25). The largest absolute Gasteiger partial charge is 0.354 e. The summed E-state index contributed by atoms with van der Waals surface area (Å²) in [4.78, 5) is 15.3. The maximum atomic E-state index is 12.5. The smallest absolute Gasteiger partial charge is 0.240 e. The van der Waals surface area contributed by atoms with E-state index in [1.165, 1.54) is 12.8 Å². The second-order valence-electron chi connectivity index (χ2n) is 8.05. The van der Waals surface area contributed by atoms with E-state index in [-0.39, 0.29) is 11.8 Å². The zero-order valence-electron chi connectivity index (χ0n) is 16.8. The first-order valence-electron chi connectivity index (χ1n) is 10.6. The van der Waals surface area contributed by atoms with Crippen molar-refractivity contribution in [1.29, 1.82) is 0 Å². The maximum Gasteiger partial charge on any atom is 0.240 e. The predicted molar refractivity (Wildman–Crippen MR) is 110 cm³/mol. The van der Waals surface area contributed by atoms with Crippen LogP contribution in [0.15, 0.2) is 35.2 Å². The number of carbonyl (C=O) groups is 1. The summed E-state index contributed by atoms with van der Waals surface area (Å²) in [5, 5.41) is 3.16. The van der Waals surface area contributed by atoms with Gasteiger partial charge in [0.1, 0.15) is 0 Å². The van der Waals surface area contributed by atoms with Gasteiger partial charge in [0.2, 0.25) is 15.9 Å². The van der Waals surface area contributed by atoms with E-state index in [1.54, 1.807) is 30.3 Å². The molecular formula is C21H33N3O3S. The summed E-state index contributed by atoms with van der Waals surface area (Å²) >= 11 is 0. The molecule has 0 radical (unpaired) electrons. The van der Waals surface area contributed by atoms with Gasteiger partial charge in [0.15, 0.2) is 0 Å². The summed E-state index contributed by atoms with van der Waals surface area (Å²) < 4.78 is 27.4. The van der Waals surface area contributed by atoms with Gasteiger partial charge in [0.05, 0.1) is 4.90 Å². The summed E-state index contributed by atoms with van der Waals surface area (Å²) in [7, 11) is -3.45. The normalized spacial score (nSPS) is 26.2. The van der Waals surface area contributed by atoms with Gasteiger partial charge in [-0.25, -0.2) is 13.1 Å². The number of carbonyl (C=O) groups excluding carboxylic acids is 1. The second-order valence-corrected chi connectivity index (χ2v) is 9.82. The van der Waals surface area contributed by atoms with E-state index in [4.69, 9.17) is 0 Å². The number of hydrogen-bond acceptors (Lipinski definition) is 4. The Morgan fingerprint density at radius 2 is 1.79 bits per heavy atom. The van der Waals surface area contributed by atoms with E-state index in [1.807, 2.05) is 0 Å². The van der Waals surface area contributed by atoms with E-state index >= 15 is 0 Å². The summed E-state index contributed by atoms with van der Waals surface area (Å²) in [5.74, 6) is 0.540. The van der Waals surface area contributed by atoms with Crippen LogP contribution in [-0.4, -0.2) is 51.4 Å². The summed E-state index contributed by atoms with van der Waals surface area (Å²) in [5.41, 5.74) is 0. The molecular weight excluding hydrogens is 374 g/mol. The van der Waals surface area contributed by atoms with Crippen LogP contribution < -0.4 is 10.0 Å².